The summed E-state index contributed by atoms with van der Waals surface area (Å²) in [5.74, 6) is -0.596. The molecule has 4 unspecified atom stereocenters. The zero-order valence-electron chi connectivity index (χ0n) is 43.9. The third kappa shape index (κ3) is 47.3. The van der Waals surface area contributed by atoms with Crippen molar-refractivity contribution in [3.63, 3.8) is 0 Å². The van der Waals surface area contributed by atoms with Crippen LogP contribution in [0.2, 0.25) is 0 Å². The van der Waals surface area contributed by atoms with E-state index in [9.17, 15) is 25.2 Å². The van der Waals surface area contributed by atoms with Gasteiger partial charge in [-0.05, 0) is 83.5 Å². The van der Waals surface area contributed by atoms with E-state index in [4.69, 9.17) is 0 Å². The minimum Gasteiger partial charge on any atom is -0.394 e. The van der Waals surface area contributed by atoms with Crippen LogP contribution in [0.25, 0.3) is 0 Å². The fourth-order valence-corrected chi connectivity index (χ4v) is 8.92. The molecule has 6 heteroatoms. The van der Waals surface area contributed by atoms with Crippen LogP contribution in [-0.4, -0.2) is 57.3 Å². The van der Waals surface area contributed by atoms with Gasteiger partial charge in [-0.1, -0.05) is 262 Å². The molecule has 0 aromatic rings. The van der Waals surface area contributed by atoms with E-state index in [0.29, 0.717) is 19.3 Å². The number of amides is 1. The van der Waals surface area contributed by atoms with Gasteiger partial charge in [0.1, 0.15) is 12.2 Å². The highest BCUT2D eigenvalue weighted by atomic mass is 16.3. The molecule has 388 valence electrons. The van der Waals surface area contributed by atoms with Gasteiger partial charge in [-0.25, -0.2) is 0 Å². The Morgan fingerprint density at radius 2 is 0.682 bits per heavy atom. The summed E-state index contributed by atoms with van der Waals surface area (Å²) in [6, 6.07) is -1.01. The standard InChI is InChI=1S/C60H113NO5/c1-3-5-7-9-11-13-15-17-19-20-21-22-23-24-25-26-27-28-29-30-31-32-33-34-35-36-37-38-39-40-42-44-46-48-50-52-54-58(64)60(66)61-56(55-62)59(65)57(63)53-51-49-47-45-43-41-18-16-14-12-10-8-6-4-2/h16,18,25-26,28-29,45,47,56-59,62-65H,3-15,17,19-24,27,30-44,46,48-55H2,1-2H3,(H,61,66)/b18-16+,26-25-,29-28-,47-45+. The Hall–Kier alpha value is -1.73. The molecule has 66 heavy (non-hydrogen) atoms. The number of carbonyl (C=O) groups is 1. The Morgan fingerprint density at radius 3 is 1.05 bits per heavy atom. The molecule has 0 fully saturated rings. The second kappa shape index (κ2) is 54.2. The van der Waals surface area contributed by atoms with Crippen molar-refractivity contribution in [3.8, 4) is 0 Å². The minimum absolute atomic E-state index is 0.360. The largest absolute Gasteiger partial charge is 0.394 e. The molecular formula is C60H113NO5. The molecule has 0 radical (unpaired) electrons. The highest BCUT2D eigenvalue weighted by Crippen LogP contribution is 2.17. The molecular weight excluding hydrogens is 815 g/mol. The molecule has 5 N–H and O–H groups in total. The van der Waals surface area contributed by atoms with Gasteiger partial charge in [0.05, 0.1) is 18.8 Å². The Kier molecular flexibility index (Phi) is 52.8. The number of aliphatic hydroxyl groups excluding tert-OH is 4. The molecule has 0 aromatic heterocycles. The maximum absolute atomic E-state index is 12.6. The number of hydrogen-bond donors (Lipinski definition) is 5. The first-order valence-electron chi connectivity index (χ1n) is 29.0. The third-order valence-electron chi connectivity index (χ3n) is 13.5. The molecule has 0 rings (SSSR count). The van der Waals surface area contributed by atoms with E-state index in [1.807, 2.05) is 0 Å². The van der Waals surface area contributed by atoms with Gasteiger partial charge in [-0.3, -0.25) is 4.79 Å². The smallest absolute Gasteiger partial charge is 0.249 e. The third-order valence-corrected chi connectivity index (χ3v) is 13.5. The van der Waals surface area contributed by atoms with Crippen LogP contribution in [-0.2, 0) is 4.79 Å². The molecule has 0 saturated carbocycles. The molecule has 0 aromatic carbocycles. The number of hydrogen-bond acceptors (Lipinski definition) is 5. The number of nitrogens with one attached hydrogen (secondary N) is 1. The first kappa shape index (κ1) is 64.3. The molecule has 0 bridgehead atoms. The quantitative estimate of drug-likeness (QED) is 0.0308. The van der Waals surface area contributed by atoms with Gasteiger partial charge in [-0.2, -0.15) is 0 Å². The Morgan fingerprint density at radius 1 is 0.379 bits per heavy atom. The van der Waals surface area contributed by atoms with Crippen LogP contribution >= 0.6 is 0 Å². The average Bonchev–Trinajstić information content (AvgIpc) is 3.32. The first-order chi connectivity index (χ1) is 32.5. The van der Waals surface area contributed by atoms with E-state index in [1.54, 1.807) is 0 Å². The fourth-order valence-electron chi connectivity index (χ4n) is 8.92. The van der Waals surface area contributed by atoms with Gasteiger partial charge in [-0.15, -0.1) is 0 Å². The maximum atomic E-state index is 12.6. The van der Waals surface area contributed by atoms with Crippen LogP contribution in [0, 0.1) is 0 Å². The predicted molar refractivity (Wildman–Crippen MR) is 288 cm³/mol. The van der Waals surface area contributed by atoms with E-state index in [2.05, 4.69) is 67.8 Å². The Bertz CT molecular complexity index is 1090. The van der Waals surface area contributed by atoms with E-state index in [0.717, 1.165) is 44.9 Å². The van der Waals surface area contributed by atoms with Crippen LogP contribution in [0.3, 0.4) is 0 Å². The number of aliphatic hydroxyl groups is 4. The van der Waals surface area contributed by atoms with Crippen molar-refractivity contribution in [2.24, 2.45) is 0 Å². The summed E-state index contributed by atoms with van der Waals surface area (Å²) in [4.78, 5) is 12.6. The lowest BCUT2D eigenvalue weighted by atomic mass is 10.00. The molecule has 0 aliphatic rings. The molecule has 0 spiro atoms. The monoisotopic (exact) mass is 928 g/mol. The number of unbranched alkanes of at least 4 members (excludes halogenated alkanes) is 36. The summed E-state index contributed by atoms with van der Waals surface area (Å²) in [5.41, 5.74) is 0. The van der Waals surface area contributed by atoms with Gasteiger partial charge in [0, 0.05) is 0 Å². The summed E-state index contributed by atoms with van der Waals surface area (Å²) >= 11 is 0. The zero-order chi connectivity index (χ0) is 48.1. The van der Waals surface area contributed by atoms with E-state index < -0.39 is 36.9 Å². The predicted octanol–water partition coefficient (Wildman–Crippen LogP) is 17.0. The SMILES string of the molecule is CCCCCCC/C=C/CC/C=C/CCCC(O)C(O)C(CO)NC(=O)C(O)CCCCCCCCCCCCCCCCCC/C=C\C/C=C\CCCCCCCCCCCCCCC. The van der Waals surface area contributed by atoms with Crippen molar-refractivity contribution in [2.45, 2.75) is 321 Å². The lowest BCUT2D eigenvalue weighted by molar-refractivity contribution is -0.132. The molecule has 0 aliphatic heterocycles. The van der Waals surface area contributed by atoms with Gasteiger partial charge >= 0.3 is 0 Å². The van der Waals surface area contributed by atoms with Crippen molar-refractivity contribution < 1.29 is 25.2 Å². The van der Waals surface area contributed by atoms with Crippen molar-refractivity contribution in [1.82, 2.24) is 5.32 Å². The van der Waals surface area contributed by atoms with Gasteiger partial charge in [0.15, 0.2) is 0 Å². The Balaban J connectivity index is 3.58. The molecule has 4 atom stereocenters. The van der Waals surface area contributed by atoms with E-state index >= 15 is 0 Å². The van der Waals surface area contributed by atoms with Crippen molar-refractivity contribution in [2.75, 3.05) is 6.61 Å². The second-order valence-corrected chi connectivity index (χ2v) is 20.0. The molecule has 1 amide bonds. The van der Waals surface area contributed by atoms with Crippen molar-refractivity contribution in [1.29, 1.82) is 0 Å². The van der Waals surface area contributed by atoms with Crippen LogP contribution in [0.5, 0.6) is 0 Å². The first-order valence-corrected chi connectivity index (χ1v) is 29.0. The van der Waals surface area contributed by atoms with Crippen LogP contribution in [0.15, 0.2) is 48.6 Å². The topological polar surface area (TPSA) is 110 Å². The maximum Gasteiger partial charge on any atom is 0.249 e. The normalized spacial score (nSPS) is 14.1. The fraction of sp³-hybridized carbons (Fsp3) is 0.850. The minimum atomic E-state index is -1.29. The van der Waals surface area contributed by atoms with Gasteiger partial charge in [0.2, 0.25) is 5.91 Å². The van der Waals surface area contributed by atoms with Crippen LogP contribution < -0.4 is 5.32 Å². The summed E-state index contributed by atoms with van der Waals surface area (Å²) in [5, 5.41) is 43.8. The lowest BCUT2D eigenvalue weighted by Gasteiger charge is -2.27. The van der Waals surface area contributed by atoms with Gasteiger partial charge < -0.3 is 25.7 Å². The summed E-state index contributed by atoms with van der Waals surface area (Å²) in [6.07, 6.45) is 69.2. The average molecular weight is 929 g/mol. The Labute approximate surface area is 410 Å². The van der Waals surface area contributed by atoms with Crippen molar-refractivity contribution in [3.05, 3.63) is 48.6 Å². The highest BCUT2D eigenvalue weighted by Gasteiger charge is 2.28. The van der Waals surface area contributed by atoms with Crippen LogP contribution in [0.1, 0.15) is 296 Å². The molecule has 0 saturated heterocycles. The highest BCUT2D eigenvalue weighted by molar-refractivity contribution is 5.80. The molecule has 0 heterocycles. The summed E-state index contributed by atoms with van der Waals surface area (Å²) < 4.78 is 0. The molecule has 0 aliphatic carbocycles. The number of allylic oxidation sites excluding steroid dienone is 8. The van der Waals surface area contributed by atoms with Gasteiger partial charge in [0.25, 0.3) is 0 Å². The van der Waals surface area contributed by atoms with E-state index in [-0.39, 0.29) is 0 Å². The number of rotatable bonds is 53. The lowest BCUT2D eigenvalue weighted by Crippen LogP contribution is -2.53. The van der Waals surface area contributed by atoms with Crippen LogP contribution in [0.4, 0.5) is 0 Å². The van der Waals surface area contributed by atoms with Crippen molar-refractivity contribution >= 4 is 5.91 Å². The zero-order valence-corrected chi connectivity index (χ0v) is 43.9. The second-order valence-electron chi connectivity index (χ2n) is 20.0. The molecule has 6 nitrogen and oxygen atoms in total. The number of carbonyl (C=O) groups excluding carboxylic acids is 1. The summed E-state index contributed by atoms with van der Waals surface area (Å²) in [7, 11) is 0. The van der Waals surface area contributed by atoms with E-state index in [1.165, 1.54) is 218 Å². The summed E-state index contributed by atoms with van der Waals surface area (Å²) in [6.45, 7) is 4.04.